The number of oxazole rings is 1. The summed E-state index contributed by atoms with van der Waals surface area (Å²) in [4.78, 5) is 11.5. The second kappa shape index (κ2) is 4.70. The molecule has 2 aromatic rings. The Bertz CT molecular complexity index is 663. The summed E-state index contributed by atoms with van der Waals surface area (Å²) >= 11 is 13.6. The normalized spacial score (nSPS) is 10.2. The van der Waals surface area contributed by atoms with Crippen molar-refractivity contribution in [3.63, 3.8) is 0 Å². The molecule has 2 rings (SSSR count). The minimum atomic E-state index is -0.465. The van der Waals surface area contributed by atoms with Crippen LogP contribution in [0.25, 0.3) is 11.1 Å². The number of nitrogens with zero attached hydrogens (tertiary/aromatic N) is 1. The van der Waals surface area contributed by atoms with Gasteiger partial charge in [0.15, 0.2) is 5.58 Å². The third kappa shape index (κ3) is 2.08. The summed E-state index contributed by atoms with van der Waals surface area (Å²) < 4.78 is 9.12. The first-order valence-corrected chi connectivity index (χ1v) is 6.04. The van der Waals surface area contributed by atoms with E-state index in [9.17, 15) is 4.79 Å². The van der Waals surface area contributed by atoms with E-state index in [1.165, 1.54) is 10.6 Å². The third-order valence-electron chi connectivity index (χ3n) is 2.01. The number of fused-ring (bicyclic) bond motifs is 1. The smallest absolute Gasteiger partial charge is 0.408 e. The van der Waals surface area contributed by atoms with Crippen LogP contribution in [-0.2, 0) is 6.54 Å². The van der Waals surface area contributed by atoms with Gasteiger partial charge in [0.05, 0.1) is 22.1 Å². The molecule has 82 valence electrons. The van der Waals surface area contributed by atoms with Crippen molar-refractivity contribution in [3.8, 4) is 9.85 Å². The number of benzene rings is 1. The molecule has 0 spiro atoms. The monoisotopic (exact) mass is 367 g/mol. The van der Waals surface area contributed by atoms with Gasteiger partial charge < -0.3 is 4.42 Å². The fraction of sp³-hybridized carbons (Fsp3) is 0.100. The Kier molecular flexibility index (Phi) is 3.47. The largest absolute Gasteiger partial charge is 0.420 e. The predicted octanol–water partition coefficient (Wildman–Crippen LogP) is 3.30. The molecular weight excluding hydrogens is 364 g/mol. The van der Waals surface area contributed by atoms with Crippen molar-refractivity contribution >= 4 is 56.9 Å². The van der Waals surface area contributed by atoms with E-state index in [0.29, 0.717) is 21.1 Å². The first-order chi connectivity index (χ1) is 7.63. The standard InChI is InChI=1S/C10H4Cl2INO2/c11-6-4-8-9(5-7(6)12)16-10(15)14(8)3-1-2-13/h4-5H,3H2. The summed E-state index contributed by atoms with van der Waals surface area (Å²) in [7, 11) is 0. The summed E-state index contributed by atoms with van der Waals surface area (Å²) in [6.45, 7) is 0.271. The van der Waals surface area contributed by atoms with Gasteiger partial charge in [-0.25, -0.2) is 4.79 Å². The molecule has 0 N–H and O–H groups in total. The lowest BCUT2D eigenvalue weighted by Gasteiger charge is -1.97. The first-order valence-electron chi connectivity index (χ1n) is 4.20. The van der Waals surface area contributed by atoms with Crippen molar-refractivity contribution < 1.29 is 4.42 Å². The predicted molar refractivity (Wildman–Crippen MR) is 72.3 cm³/mol. The van der Waals surface area contributed by atoms with E-state index in [1.54, 1.807) is 6.07 Å². The van der Waals surface area contributed by atoms with E-state index < -0.39 is 5.76 Å². The van der Waals surface area contributed by atoms with Gasteiger partial charge in [-0.2, -0.15) is 0 Å². The van der Waals surface area contributed by atoms with Gasteiger partial charge in [-0.05, 0) is 9.99 Å². The highest BCUT2D eigenvalue weighted by molar-refractivity contribution is 14.1. The SMILES string of the molecule is O=c1oc2cc(Cl)c(Cl)cc2n1CC#CI. The summed E-state index contributed by atoms with van der Waals surface area (Å²) in [5.74, 6) is 2.32. The van der Waals surface area contributed by atoms with Crippen molar-refractivity contribution in [2.75, 3.05) is 0 Å². The molecule has 0 unspecified atom stereocenters. The van der Waals surface area contributed by atoms with Gasteiger partial charge in [-0.3, -0.25) is 4.57 Å². The molecule has 0 radical (unpaired) electrons. The van der Waals surface area contributed by atoms with Crippen LogP contribution in [0.2, 0.25) is 10.0 Å². The van der Waals surface area contributed by atoms with Crippen molar-refractivity contribution in [3.05, 3.63) is 32.7 Å². The van der Waals surface area contributed by atoms with Crippen molar-refractivity contribution in [1.29, 1.82) is 0 Å². The van der Waals surface area contributed by atoms with Crippen LogP contribution < -0.4 is 5.76 Å². The Hall–Kier alpha value is -0.640. The van der Waals surface area contributed by atoms with Crippen molar-refractivity contribution in [1.82, 2.24) is 4.57 Å². The molecule has 16 heavy (non-hydrogen) atoms. The average molecular weight is 368 g/mol. The molecule has 0 fully saturated rings. The molecule has 6 heteroatoms. The molecule has 0 aliphatic heterocycles. The maximum absolute atomic E-state index is 11.5. The molecule has 0 saturated heterocycles. The molecule has 1 aromatic carbocycles. The number of hydrogen-bond acceptors (Lipinski definition) is 2. The molecule has 3 nitrogen and oxygen atoms in total. The lowest BCUT2D eigenvalue weighted by Crippen LogP contribution is -2.12. The van der Waals surface area contributed by atoms with Gasteiger partial charge >= 0.3 is 5.76 Å². The molecule has 0 saturated carbocycles. The van der Waals surface area contributed by atoms with Crippen LogP contribution in [0.1, 0.15) is 0 Å². The molecule has 0 aliphatic rings. The molecule has 0 atom stereocenters. The highest BCUT2D eigenvalue weighted by Gasteiger charge is 2.10. The van der Waals surface area contributed by atoms with Crippen LogP contribution in [0.3, 0.4) is 0 Å². The second-order valence-corrected chi connectivity index (χ2v) is 4.31. The van der Waals surface area contributed by atoms with Gasteiger partial charge in [0.25, 0.3) is 0 Å². The fourth-order valence-electron chi connectivity index (χ4n) is 1.32. The highest BCUT2D eigenvalue weighted by Crippen LogP contribution is 2.27. The van der Waals surface area contributed by atoms with E-state index in [-0.39, 0.29) is 6.54 Å². The van der Waals surface area contributed by atoms with Crippen LogP contribution >= 0.6 is 45.8 Å². The first kappa shape index (κ1) is 11.8. The molecule has 1 aromatic heterocycles. The van der Waals surface area contributed by atoms with Gasteiger partial charge in [-0.15, -0.1) is 0 Å². The van der Waals surface area contributed by atoms with Crippen LogP contribution in [0, 0.1) is 9.85 Å². The number of hydrogen-bond donors (Lipinski definition) is 0. The number of rotatable bonds is 1. The molecular formula is C10H4Cl2INO2. The zero-order valence-electron chi connectivity index (χ0n) is 7.76. The van der Waals surface area contributed by atoms with Gasteiger partial charge in [0.1, 0.15) is 0 Å². The second-order valence-electron chi connectivity index (χ2n) is 2.96. The Balaban J connectivity index is 2.72. The Labute approximate surface area is 114 Å². The Morgan fingerprint density at radius 3 is 2.75 bits per heavy atom. The van der Waals surface area contributed by atoms with Crippen LogP contribution in [0.15, 0.2) is 21.3 Å². The van der Waals surface area contributed by atoms with Crippen LogP contribution in [-0.4, -0.2) is 4.57 Å². The Morgan fingerprint density at radius 1 is 1.38 bits per heavy atom. The fourth-order valence-corrected chi connectivity index (χ4v) is 1.80. The van der Waals surface area contributed by atoms with E-state index in [1.807, 2.05) is 22.6 Å². The van der Waals surface area contributed by atoms with Gasteiger partial charge in [0.2, 0.25) is 0 Å². The minimum absolute atomic E-state index is 0.271. The molecule has 0 bridgehead atoms. The van der Waals surface area contributed by atoms with Gasteiger partial charge in [-0.1, -0.05) is 29.1 Å². The minimum Gasteiger partial charge on any atom is -0.408 e. The number of halogens is 3. The van der Waals surface area contributed by atoms with E-state index in [2.05, 4.69) is 9.85 Å². The highest BCUT2D eigenvalue weighted by atomic mass is 127. The lowest BCUT2D eigenvalue weighted by atomic mass is 10.3. The van der Waals surface area contributed by atoms with Crippen LogP contribution in [0.4, 0.5) is 0 Å². The number of aromatic nitrogens is 1. The topological polar surface area (TPSA) is 35.1 Å². The van der Waals surface area contributed by atoms with E-state index in [4.69, 9.17) is 27.6 Å². The Morgan fingerprint density at radius 2 is 2.06 bits per heavy atom. The van der Waals surface area contributed by atoms with Crippen molar-refractivity contribution in [2.24, 2.45) is 0 Å². The quantitative estimate of drug-likeness (QED) is 0.572. The average Bonchev–Trinajstić information content (AvgIpc) is 2.52. The third-order valence-corrected chi connectivity index (χ3v) is 3.12. The summed E-state index contributed by atoms with van der Waals surface area (Å²) in [6.07, 6.45) is 0. The molecule has 0 aliphatic carbocycles. The maximum atomic E-state index is 11.5. The van der Waals surface area contributed by atoms with E-state index in [0.717, 1.165) is 0 Å². The zero-order chi connectivity index (χ0) is 11.7. The summed E-state index contributed by atoms with van der Waals surface area (Å²) in [6, 6.07) is 3.12. The molecule has 0 amide bonds. The van der Waals surface area contributed by atoms with Gasteiger partial charge in [0, 0.05) is 28.7 Å². The summed E-state index contributed by atoms with van der Waals surface area (Å²) in [5.41, 5.74) is 1.01. The summed E-state index contributed by atoms with van der Waals surface area (Å²) in [5, 5.41) is 0.737. The molecule has 1 heterocycles. The van der Waals surface area contributed by atoms with E-state index >= 15 is 0 Å². The maximum Gasteiger partial charge on any atom is 0.420 e. The van der Waals surface area contributed by atoms with Crippen molar-refractivity contribution in [2.45, 2.75) is 6.54 Å². The lowest BCUT2D eigenvalue weighted by molar-refractivity contribution is 0.521. The zero-order valence-corrected chi connectivity index (χ0v) is 11.4. The van der Waals surface area contributed by atoms with Crippen LogP contribution in [0.5, 0.6) is 0 Å².